The van der Waals surface area contributed by atoms with Crippen LogP contribution in [0.15, 0.2) is 58.2 Å². The summed E-state index contributed by atoms with van der Waals surface area (Å²) >= 11 is 2.66. The molecular weight excluding hydrogens is 414 g/mol. The number of nitrogens with one attached hydrogen (secondary N) is 2. The van der Waals surface area contributed by atoms with Crippen LogP contribution in [-0.2, 0) is 10.7 Å². The summed E-state index contributed by atoms with van der Waals surface area (Å²) in [7, 11) is 0. The highest BCUT2D eigenvalue weighted by Gasteiger charge is 2.24. The summed E-state index contributed by atoms with van der Waals surface area (Å²) in [5.41, 5.74) is 2.35. The number of hydrogen-bond donors (Lipinski definition) is 2. The number of rotatable bonds is 8. The lowest BCUT2D eigenvalue weighted by Gasteiger charge is -2.14. The molecule has 3 aromatic rings. The third kappa shape index (κ3) is 5.80. The number of H-pyrrole nitrogens is 1. The molecule has 2 N–H and O–H groups in total. The molecule has 0 aliphatic heterocycles. The molecule has 0 saturated heterocycles. The molecule has 29 heavy (non-hydrogen) atoms. The molecular formula is C20H20F2N4OS2. The molecule has 9 heteroatoms. The third-order valence-electron chi connectivity index (χ3n) is 4.02. The van der Waals surface area contributed by atoms with Crippen LogP contribution in [0.25, 0.3) is 11.0 Å². The van der Waals surface area contributed by atoms with Crippen LogP contribution in [-0.4, -0.2) is 33.2 Å². The van der Waals surface area contributed by atoms with Crippen molar-refractivity contribution in [3.05, 3.63) is 59.3 Å². The Labute approximate surface area is 175 Å². The van der Waals surface area contributed by atoms with E-state index in [0.717, 1.165) is 33.3 Å². The first-order chi connectivity index (χ1) is 13.7. The zero-order valence-electron chi connectivity index (χ0n) is 16.0. The number of fused-ring (bicyclic) bond motifs is 1. The van der Waals surface area contributed by atoms with E-state index in [-0.39, 0.29) is 17.2 Å². The summed E-state index contributed by atoms with van der Waals surface area (Å²) in [6, 6.07) is 6.35. The molecule has 0 atom stereocenters. The second-order valence-corrected chi connectivity index (χ2v) is 8.69. The van der Waals surface area contributed by atoms with E-state index in [1.807, 2.05) is 0 Å². The minimum Gasteiger partial charge on any atom is -0.351 e. The highest BCUT2D eigenvalue weighted by atomic mass is 32.2. The Bertz CT molecular complexity index is 1010. The molecule has 0 aliphatic carbocycles. The number of aromatic nitrogens is 3. The zero-order chi connectivity index (χ0) is 21.0. The van der Waals surface area contributed by atoms with Gasteiger partial charge < -0.3 is 10.3 Å². The monoisotopic (exact) mass is 434 g/mol. The number of nitrogens with zero attached hydrogens (tertiary/aromatic N) is 2. The standard InChI is InChI=1S/C20H20F2N4OS2/c1-12-8-14(20(3,21)22)4-5-17(12)29-13(2)9-24-18(27)11-28-19-25-15-6-7-23-10-16(15)26-19/h4-8,10H,2,9,11H2,1,3H3,(H,24,27)(H,25,26). The van der Waals surface area contributed by atoms with E-state index in [1.165, 1.54) is 35.7 Å². The van der Waals surface area contributed by atoms with Gasteiger partial charge in [0.2, 0.25) is 5.91 Å². The number of amides is 1. The van der Waals surface area contributed by atoms with Gasteiger partial charge in [0.05, 0.1) is 23.0 Å². The largest absolute Gasteiger partial charge is 0.351 e. The van der Waals surface area contributed by atoms with E-state index in [2.05, 4.69) is 26.8 Å². The van der Waals surface area contributed by atoms with Crippen molar-refractivity contribution in [2.75, 3.05) is 12.3 Å². The number of carbonyl (C=O) groups excluding carboxylic acids is 1. The lowest BCUT2D eigenvalue weighted by Crippen LogP contribution is -2.26. The van der Waals surface area contributed by atoms with Crippen LogP contribution in [0.2, 0.25) is 0 Å². The van der Waals surface area contributed by atoms with Crippen LogP contribution in [0.5, 0.6) is 0 Å². The van der Waals surface area contributed by atoms with Crippen LogP contribution in [0.3, 0.4) is 0 Å². The minimum atomic E-state index is -2.87. The Morgan fingerprint density at radius 1 is 1.34 bits per heavy atom. The maximum absolute atomic E-state index is 13.4. The van der Waals surface area contributed by atoms with E-state index >= 15 is 0 Å². The van der Waals surface area contributed by atoms with Gasteiger partial charge in [-0.2, -0.15) is 0 Å². The minimum absolute atomic E-state index is 0.0170. The van der Waals surface area contributed by atoms with Crippen LogP contribution in [0, 0.1) is 6.92 Å². The molecule has 0 aliphatic rings. The predicted octanol–water partition coefficient (Wildman–Crippen LogP) is 4.89. The van der Waals surface area contributed by atoms with E-state index in [0.29, 0.717) is 11.7 Å². The maximum Gasteiger partial charge on any atom is 0.270 e. The molecule has 0 radical (unpaired) electrons. The summed E-state index contributed by atoms with van der Waals surface area (Å²) in [6.07, 6.45) is 3.35. The Kier molecular flexibility index (Phi) is 6.59. The first kappa shape index (κ1) is 21.3. The van der Waals surface area contributed by atoms with Crippen LogP contribution in [0.4, 0.5) is 8.78 Å². The van der Waals surface area contributed by atoms with Gasteiger partial charge in [0.1, 0.15) is 0 Å². The van der Waals surface area contributed by atoms with Crippen molar-refractivity contribution in [2.45, 2.75) is 29.8 Å². The Morgan fingerprint density at radius 2 is 2.14 bits per heavy atom. The van der Waals surface area contributed by atoms with Gasteiger partial charge in [-0.3, -0.25) is 9.78 Å². The van der Waals surface area contributed by atoms with E-state index < -0.39 is 5.92 Å². The Balaban J connectivity index is 1.47. The van der Waals surface area contributed by atoms with Crippen molar-refractivity contribution in [1.29, 1.82) is 0 Å². The third-order valence-corrected chi connectivity index (χ3v) is 6.00. The van der Waals surface area contributed by atoms with E-state index in [1.54, 1.807) is 31.5 Å². The highest BCUT2D eigenvalue weighted by Crippen LogP contribution is 2.33. The van der Waals surface area contributed by atoms with Gasteiger partial charge in [0.25, 0.3) is 5.92 Å². The van der Waals surface area contributed by atoms with Crippen molar-refractivity contribution >= 4 is 40.5 Å². The van der Waals surface area contributed by atoms with Crippen LogP contribution < -0.4 is 5.32 Å². The molecule has 1 aromatic carbocycles. The van der Waals surface area contributed by atoms with Gasteiger partial charge in [-0.1, -0.05) is 36.2 Å². The van der Waals surface area contributed by atoms with Gasteiger partial charge in [0.15, 0.2) is 5.16 Å². The van der Waals surface area contributed by atoms with Crippen molar-refractivity contribution in [3.63, 3.8) is 0 Å². The molecule has 5 nitrogen and oxygen atoms in total. The van der Waals surface area contributed by atoms with Gasteiger partial charge in [-0.25, -0.2) is 13.8 Å². The van der Waals surface area contributed by atoms with Gasteiger partial charge in [0, 0.05) is 35.0 Å². The number of halogens is 2. The normalized spacial score (nSPS) is 11.6. The average Bonchev–Trinajstić information content (AvgIpc) is 3.08. The average molecular weight is 435 g/mol. The number of thioether (sulfide) groups is 2. The fourth-order valence-electron chi connectivity index (χ4n) is 2.51. The summed E-state index contributed by atoms with van der Waals surface area (Å²) in [6.45, 7) is 6.90. The number of imidazole rings is 1. The first-order valence-corrected chi connectivity index (χ1v) is 10.6. The summed E-state index contributed by atoms with van der Waals surface area (Å²) in [5, 5.41) is 3.46. The van der Waals surface area contributed by atoms with Crippen molar-refractivity contribution in [1.82, 2.24) is 20.3 Å². The number of hydrogen-bond acceptors (Lipinski definition) is 5. The van der Waals surface area contributed by atoms with Crippen molar-refractivity contribution < 1.29 is 13.6 Å². The zero-order valence-corrected chi connectivity index (χ0v) is 17.6. The van der Waals surface area contributed by atoms with E-state index in [4.69, 9.17) is 0 Å². The van der Waals surface area contributed by atoms with Crippen LogP contribution in [0.1, 0.15) is 18.1 Å². The molecule has 0 saturated carbocycles. The number of aromatic amines is 1. The van der Waals surface area contributed by atoms with Gasteiger partial charge in [-0.05, 0) is 30.7 Å². The fraction of sp³-hybridized carbons (Fsp3) is 0.250. The quantitative estimate of drug-likeness (QED) is 0.494. The molecule has 3 rings (SSSR count). The van der Waals surface area contributed by atoms with Gasteiger partial charge in [-0.15, -0.1) is 0 Å². The molecule has 2 aromatic heterocycles. The number of aryl methyl sites for hydroxylation is 1. The molecule has 152 valence electrons. The second kappa shape index (κ2) is 8.96. The lowest BCUT2D eigenvalue weighted by molar-refractivity contribution is -0.118. The summed E-state index contributed by atoms with van der Waals surface area (Å²) < 4.78 is 26.8. The molecule has 1 amide bonds. The Hall–Kier alpha value is -2.39. The number of pyridine rings is 1. The molecule has 0 bridgehead atoms. The molecule has 0 unspecified atom stereocenters. The van der Waals surface area contributed by atoms with Gasteiger partial charge >= 0.3 is 0 Å². The molecule has 0 spiro atoms. The Morgan fingerprint density at radius 3 is 2.83 bits per heavy atom. The number of benzene rings is 1. The van der Waals surface area contributed by atoms with Crippen molar-refractivity contribution in [3.8, 4) is 0 Å². The van der Waals surface area contributed by atoms with E-state index in [9.17, 15) is 13.6 Å². The lowest BCUT2D eigenvalue weighted by atomic mass is 10.1. The fourth-order valence-corrected chi connectivity index (χ4v) is 4.04. The second-order valence-electron chi connectivity index (χ2n) is 6.51. The maximum atomic E-state index is 13.4. The van der Waals surface area contributed by atoms with Crippen molar-refractivity contribution in [2.24, 2.45) is 0 Å². The number of alkyl halides is 2. The van der Waals surface area contributed by atoms with Crippen LogP contribution >= 0.6 is 23.5 Å². The smallest absolute Gasteiger partial charge is 0.270 e. The SMILES string of the molecule is C=C(CNC(=O)CSc1nc2ccncc2[nH]1)Sc1ccc(C(C)(F)F)cc1C. The number of carbonyl (C=O) groups is 1. The topological polar surface area (TPSA) is 70.7 Å². The summed E-state index contributed by atoms with van der Waals surface area (Å²) in [4.78, 5) is 25.2. The highest BCUT2D eigenvalue weighted by molar-refractivity contribution is 8.03. The first-order valence-electron chi connectivity index (χ1n) is 8.76. The summed E-state index contributed by atoms with van der Waals surface area (Å²) in [5.74, 6) is -2.80. The predicted molar refractivity (Wildman–Crippen MR) is 113 cm³/mol. The molecule has 0 fully saturated rings. The molecule has 2 heterocycles.